The molecular weight excluding hydrogens is 211 g/mol. The van der Waals surface area contributed by atoms with Gasteiger partial charge in [-0.1, -0.05) is 0 Å². The minimum Gasteiger partial charge on any atom is -0.390 e. The van der Waals surface area contributed by atoms with Crippen molar-refractivity contribution >= 4 is 5.82 Å². The van der Waals surface area contributed by atoms with Gasteiger partial charge in [0.25, 0.3) is 5.92 Å². The first-order valence-corrected chi connectivity index (χ1v) is 4.08. The number of hydrazine groups is 1. The zero-order valence-corrected chi connectivity index (χ0v) is 7.67. The van der Waals surface area contributed by atoms with Gasteiger partial charge in [-0.2, -0.15) is 0 Å². The summed E-state index contributed by atoms with van der Waals surface area (Å²) in [6.07, 6.45) is -0.107. The maximum absolute atomic E-state index is 13.0. The van der Waals surface area contributed by atoms with E-state index in [1.807, 2.05) is 0 Å². The second-order valence-corrected chi connectivity index (χ2v) is 3.00. The van der Waals surface area contributed by atoms with Crippen LogP contribution in [0.5, 0.6) is 0 Å². The number of nitrogen functional groups attached to an aromatic ring is 1. The van der Waals surface area contributed by atoms with Gasteiger partial charge in [0.2, 0.25) is 0 Å². The first-order valence-electron chi connectivity index (χ1n) is 4.08. The molecule has 0 atom stereocenters. The molecule has 84 valence electrons. The van der Waals surface area contributed by atoms with E-state index in [0.29, 0.717) is 0 Å². The van der Waals surface area contributed by atoms with Crippen molar-refractivity contribution < 1.29 is 18.3 Å². The molecule has 0 bridgehead atoms. The minimum atomic E-state index is -3.35. The van der Waals surface area contributed by atoms with Gasteiger partial charge in [0.05, 0.1) is 6.20 Å². The van der Waals surface area contributed by atoms with Gasteiger partial charge in [-0.15, -0.1) is 0 Å². The third-order valence-corrected chi connectivity index (χ3v) is 1.76. The molecule has 0 spiro atoms. The summed E-state index contributed by atoms with van der Waals surface area (Å²) in [5.74, 6) is 0.864. The van der Waals surface area contributed by atoms with Crippen LogP contribution in [0.4, 0.5) is 19.0 Å². The summed E-state index contributed by atoms with van der Waals surface area (Å²) in [5.41, 5.74) is 1.86. The average molecular weight is 221 g/mol. The van der Waals surface area contributed by atoms with E-state index in [-0.39, 0.29) is 11.4 Å². The number of aliphatic hydroxyl groups excluding tert-OH is 1. The maximum atomic E-state index is 13.0. The highest BCUT2D eigenvalue weighted by Crippen LogP contribution is 2.22. The Morgan fingerprint density at radius 3 is 2.73 bits per heavy atom. The summed E-state index contributed by atoms with van der Waals surface area (Å²) in [7, 11) is 0. The van der Waals surface area contributed by atoms with Crippen LogP contribution in [0.2, 0.25) is 0 Å². The average Bonchev–Trinajstić information content (AvgIpc) is 2.21. The van der Waals surface area contributed by atoms with Crippen molar-refractivity contribution in [3.8, 4) is 0 Å². The fourth-order valence-corrected chi connectivity index (χ4v) is 1.03. The Morgan fingerprint density at radius 1 is 1.53 bits per heavy atom. The standard InChI is InChI=1S/C8H10F3N3O/c9-6-3-13-7(14-12)1-5(6)2-8(10,11)4-15/h1,3,15H,2,4,12H2,(H,13,14). The molecular formula is C8H10F3N3O. The molecule has 0 radical (unpaired) electrons. The Labute approximate surface area is 83.9 Å². The first-order chi connectivity index (χ1) is 6.98. The Hall–Kier alpha value is -1.34. The zero-order valence-electron chi connectivity index (χ0n) is 7.67. The van der Waals surface area contributed by atoms with E-state index in [1.54, 1.807) is 0 Å². The number of pyridine rings is 1. The number of aromatic nitrogens is 1. The second-order valence-electron chi connectivity index (χ2n) is 3.00. The molecule has 1 heterocycles. The summed E-state index contributed by atoms with van der Waals surface area (Å²) in [5, 5.41) is 8.34. The van der Waals surface area contributed by atoms with Gasteiger partial charge in [0, 0.05) is 6.42 Å². The van der Waals surface area contributed by atoms with Crippen LogP contribution in [0.15, 0.2) is 12.3 Å². The van der Waals surface area contributed by atoms with Gasteiger partial charge in [0.15, 0.2) is 0 Å². The van der Waals surface area contributed by atoms with Gasteiger partial charge in [-0.05, 0) is 11.6 Å². The van der Waals surface area contributed by atoms with Gasteiger partial charge in [0.1, 0.15) is 18.2 Å². The lowest BCUT2D eigenvalue weighted by atomic mass is 10.1. The van der Waals surface area contributed by atoms with Crippen molar-refractivity contribution in [1.82, 2.24) is 4.98 Å². The molecule has 0 aliphatic rings. The van der Waals surface area contributed by atoms with E-state index in [1.165, 1.54) is 0 Å². The number of nitrogens with one attached hydrogen (secondary N) is 1. The van der Waals surface area contributed by atoms with Gasteiger partial charge < -0.3 is 10.5 Å². The molecule has 0 amide bonds. The van der Waals surface area contributed by atoms with Gasteiger partial charge in [-0.25, -0.2) is 24.0 Å². The monoisotopic (exact) mass is 221 g/mol. The number of halogens is 3. The van der Waals surface area contributed by atoms with Crippen LogP contribution in [0.1, 0.15) is 5.56 Å². The van der Waals surface area contributed by atoms with Crippen LogP contribution in [0, 0.1) is 5.82 Å². The summed E-state index contributed by atoms with van der Waals surface area (Å²) >= 11 is 0. The normalized spacial score (nSPS) is 11.5. The molecule has 0 unspecified atom stereocenters. The Balaban J connectivity index is 2.93. The molecule has 15 heavy (non-hydrogen) atoms. The van der Waals surface area contributed by atoms with Crippen LogP contribution in [0.3, 0.4) is 0 Å². The van der Waals surface area contributed by atoms with E-state index in [4.69, 9.17) is 10.9 Å². The quantitative estimate of drug-likeness (QED) is 0.516. The molecule has 7 heteroatoms. The fraction of sp³-hybridized carbons (Fsp3) is 0.375. The molecule has 0 saturated heterocycles. The number of aliphatic hydroxyl groups is 1. The molecule has 4 nitrogen and oxygen atoms in total. The molecule has 4 N–H and O–H groups in total. The molecule has 0 aromatic carbocycles. The third kappa shape index (κ3) is 3.07. The van der Waals surface area contributed by atoms with E-state index in [2.05, 4.69) is 10.4 Å². The minimum absolute atomic E-state index is 0.0835. The highest BCUT2D eigenvalue weighted by atomic mass is 19.3. The van der Waals surface area contributed by atoms with Crippen LogP contribution >= 0.6 is 0 Å². The predicted octanol–water partition coefficient (Wildman–Crippen LogP) is 0.676. The number of nitrogens with zero attached hydrogens (tertiary/aromatic N) is 1. The van der Waals surface area contributed by atoms with Crippen molar-refractivity contribution in [2.45, 2.75) is 12.3 Å². The van der Waals surface area contributed by atoms with Crippen LogP contribution in [-0.4, -0.2) is 22.6 Å². The SMILES string of the molecule is NNc1cc(CC(F)(F)CO)c(F)cn1. The summed E-state index contributed by atoms with van der Waals surface area (Å²) in [4.78, 5) is 3.49. The van der Waals surface area contributed by atoms with E-state index in [0.717, 1.165) is 12.3 Å². The molecule has 1 rings (SSSR count). The summed E-state index contributed by atoms with van der Waals surface area (Å²) in [6.45, 7) is -1.33. The number of rotatable bonds is 4. The molecule has 0 saturated carbocycles. The van der Waals surface area contributed by atoms with E-state index < -0.39 is 24.8 Å². The fourth-order valence-electron chi connectivity index (χ4n) is 1.03. The Morgan fingerprint density at radius 2 is 2.20 bits per heavy atom. The van der Waals surface area contributed by atoms with E-state index >= 15 is 0 Å². The van der Waals surface area contributed by atoms with Crippen molar-refractivity contribution in [1.29, 1.82) is 0 Å². The van der Waals surface area contributed by atoms with E-state index in [9.17, 15) is 13.2 Å². The van der Waals surface area contributed by atoms with Gasteiger partial charge in [-0.3, -0.25) is 0 Å². The number of nitrogens with two attached hydrogens (primary N) is 1. The van der Waals surface area contributed by atoms with Gasteiger partial charge >= 0.3 is 0 Å². The predicted molar refractivity (Wildman–Crippen MR) is 47.7 cm³/mol. The van der Waals surface area contributed by atoms with Crippen LogP contribution in [-0.2, 0) is 6.42 Å². The molecule has 0 aliphatic heterocycles. The molecule has 1 aromatic rings. The molecule has 0 aliphatic carbocycles. The largest absolute Gasteiger partial charge is 0.390 e. The highest BCUT2D eigenvalue weighted by molar-refractivity contribution is 5.37. The zero-order chi connectivity index (χ0) is 11.5. The first kappa shape index (κ1) is 11.7. The van der Waals surface area contributed by atoms with Crippen LogP contribution in [0.25, 0.3) is 0 Å². The lowest BCUT2D eigenvalue weighted by molar-refractivity contribution is -0.0493. The smallest absolute Gasteiger partial charge is 0.274 e. The Bertz CT molecular complexity index is 346. The molecule has 0 fully saturated rings. The van der Waals surface area contributed by atoms with Crippen molar-refractivity contribution in [2.75, 3.05) is 12.0 Å². The lowest BCUT2D eigenvalue weighted by Gasteiger charge is -2.13. The number of hydrogen-bond donors (Lipinski definition) is 3. The van der Waals surface area contributed by atoms with Crippen molar-refractivity contribution in [2.24, 2.45) is 5.84 Å². The summed E-state index contributed by atoms with van der Waals surface area (Å²) < 4.78 is 38.6. The summed E-state index contributed by atoms with van der Waals surface area (Å²) in [6, 6.07) is 1.07. The topological polar surface area (TPSA) is 71.2 Å². The second kappa shape index (κ2) is 4.45. The molecule has 1 aromatic heterocycles. The number of alkyl halides is 2. The lowest BCUT2D eigenvalue weighted by Crippen LogP contribution is -2.25. The highest BCUT2D eigenvalue weighted by Gasteiger charge is 2.29. The van der Waals surface area contributed by atoms with Crippen molar-refractivity contribution in [3.05, 3.63) is 23.6 Å². The van der Waals surface area contributed by atoms with Crippen LogP contribution < -0.4 is 11.3 Å². The number of anilines is 1. The van der Waals surface area contributed by atoms with Crippen molar-refractivity contribution in [3.63, 3.8) is 0 Å². The maximum Gasteiger partial charge on any atom is 0.274 e. The number of hydrogen-bond acceptors (Lipinski definition) is 4. The third-order valence-electron chi connectivity index (χ3n) is 1.76. The Kier molecular flexibility index (Phi) is 3.48.